The van der Waals surface area contributed by atoms with Gasteiger partial charge >= 0.3 is 0 Å². The summed E-state index contributed by atoms with van der Waals surface area (Å²) in [6.45, 7) is 4.52. The fourth-order valence-corrected chi connectivity index (χ4v) is 4.94. The number of carbonyl (C=O) groups is 2. The molecule has 3 aliphatic rings. The first-order chi connectivity index (χ1) is 17.5. The van der Waals surface area contributed by atoms with Crippen LogP contribution in [-0.2, 0) is 4.79 Å². The van der Waals surface area contributed by atoms with Crippen LogP contribution in [0.2, 0.25) is 0 Å². The molecule has 0 spiro atoms. The first-order valence-electron chi connectivity index (χ1n) is 12.7. The Hall–Kier alpha value is -3.17. The first kappa shape index (κ1) is 24.5. The van der Waals surface area contributed by atoms with Crippen LogP contribution < -0.4 is 19.7 Å². The highest BCUT2D eigenvalue weighted by atomic mass is 19.1. The van der Waals surface area contributed by atoms with Gasteiger partial charge in [-0.2, -0.15) is 0 Å². The number of benzene rings is 2. The number of aliphatic hydroxyl groups is 1. The number of ketones is 1. The number of amides is 1. The average molecular weight is 498 g/mol. The van der Waals surface area contributed by atoms with Gasteiger partial charge in [-0.25, -0.2) is 4.39 Å². The lowest BCUT2D eigenvalue weighted by atomic mass is 9.99. The maximum atomic E-state index is 14.6. The number of hydrogen-bond donors (Lipinski definition) is 2. The molecule has 2 atom stereocenters. The van der Waals surface area contributed by atoms with Gasteiger partial charge in [0.05, 0.1) is 6.04 Å². The molecule has 5 rings (SSSR count). The maximum Gasteiger partial charge on any atom is 0.292 e. The molecule has 0 saturated carbocycles. The van der Waals surface area contributed by atoms with Crippen molar-refractivity contribution in [1.29, 1.82) is 0 Å². The standard InChI is InChI=1S/C27H32FN3O5/c28-21-15-19(16-23-26(21)36-14-13-35-23)24(32)22(17-30-9-4-10-30)29-27(34)25(33)18-5-7-20(8-6-18)31-11-2-1-3-12-31/h5-8,15-16,22,24,32H,1-4,9-14,17H2,(H,29,34). The SMILES string of the molecule is O=C(NC(CN1CCC1)C(O)c1cc(F)c2c(c1)OCCO2)C(=O)c1ccc(N2CCCCC2)cc1. The van der Waals surface area contributed by atoms with Gasteiger partial charge in [0.2, 0.25) is 5.78 Å². The minimum atomic E-state index is -1.24. The highest BCUT2D eigenvalue weighted by molar-refractivity contribution is 6.42. The number of nitrogens with one attached hydrogen (secondary N) is 1. The van der Waals surface area contributed by atoms with Crippen molar-refractivity contribution in [3.8, 4) is 11.5 Å². The third-order valence-electron chi connectivity index (χ3n) is 7.12. The number of aliphatic hydroxyl groups excluding tert-OH is 1. The Kier molecular flexibility index (Phi) is 7.38. The van der Waals surface area contributed by atoms with Crippen LogP contribution in [0.5, 0.6) is 11.5 Å². The lowest BCUT2D eigenvalue weighted by Gasteiger charge is -2.36. The second-order valence-corrected chi connectivity index (χ2v) is 9.63. The van der Waals surface area contributed by atoms with E-state index in [-0.39, 0.29) is 35.8 Å². The minimum absolute atomic E-state index is 0.0173. The molecule has 0 radical (unpaired) electrons. The number of halogens is 1. The molecule has 9 heteroatoms. The van der Waals surface area contributed by atoms with Gasteiger partial charge in [-0.3, -0.25) is 9.59 Å². The van der Waals surface area contributed by atoms with E-state index in [4.69, 9.17) is 9.47 Å². The van der Waals surface area contributed by atoms with E-state index < -0.39 is 29.7 Å². The Labute approximate surface area is 210 Å². The monoisotopic (exact) mass is 497 g/mol. The molecule has 36 heavy (non-hydrogen) atoms. The van der Waals surface area contributed by atoms with Gasteiger partial charge in [0, 0.05) is 30.9 Å². The van der Waals surface area contributed by atoms with Crippen LogP contribution in [0.15, 0.2) is 36.4 Å². The number of anilines is 1. The molecule has 2 N–H and O–H groups in total. The number of ether oxygens (including phenoxy) is 2. The third-order valence-corrected chi connectivity index (χ3v) is 7.12. The fraction of sp³-hybridized carbons (Fsp3) is 0.481. The van der Waals surface area contributed by atoms with Crippen molar-refractivity contribution < 1.29 is 28.6 Å². The summed E-state index contributed by atoms with van der Waals surface area (Å²) in [5.74, 6) is -1.88. The molecular weight excluding hydrogens is 465 g/mol. The molecular formula is C27H32FN3O5. The van der Waals surface area contributed by atoms with Crippen molar-refractivity contribution in [3.63, 3.8) is 0 Å². The second-order valence-electron chi connectivity index (χ2n) is 9.63. The molecule has 2 aromatic rings. The number of fused-ring (bicyclic) bond motifs is 1. The average Bonchev–Trinajstić information content (AvgIpc) is 2.89. The summed E-state index contributed by atoms with van der Waals surface area (Å²) in [5, 5.41) is 13.8. The molecule has 2 fully saturated rings. The normalized spacial score (nSPS) is 19.2. The van der Waals surface area contributed by atoms with Gasteiger partial charge in [0.15, 0.2) is 17.3 Å². The lowest BCUT2D eigenvalue weighted by molar-refractivity contribution is -0.118. The van der Waals surface area contributed by atoms with Crippen LogP contribution in [-0.4, -0.2) is 73.7 Å². The fourth-order valence-electron chi connectivity index (χ4n) is 4.94. The van der Waals surface area contributed by atoms with E-state index in [2.05, 4.69) is 15.1 Å². The van der Waals surface area contributed by atoms with Crippen LogP contribution in [0.1, 0.15) is 47.7 Å². The third kappa shape index (κ3) is 5.32. The zero-order chi connectivity index (χ0) is 25.1. The van der Waals surface area contributed by atoms with Crippen molar-refractivity contribution >= 4 is 17.4 Å². The molecule has 3 aliphatic heterocycles. The highest BCUT2D eigenvalue weighted by Crippen LogP contribution is 2.36. The van der Waals surface area contributed by atoms with Crippen molar-refractivity contribution in [3.05, 3.63) is 53.3 Å². The number of nitrogens with zero attached hydrogens (tertiary/aromatic N) is 2. The van der Waals surface area contributed by atoms with E-state index in [1.165, 1.54) is 18.6 Å². The van der Waals surface area contributed by atoms with Crippen LogP contribution in [0, 0.1) is 5.82 Å². The smallest absolute Gasteiger partial charge is 0.292 e. The summed E-state index contributed by atoms with van der Waals surface area (Å²) >= 11 is 0. The Morgan fingerprint density at radius 1 is 0.972 bits per heavy atom. The van der Waals surface area contributed by atoms with Gasteiger partial charge in [-0.1, -0.05) is 0 Å². The molecule has 3 heterocycles. The van der Waals surface area contributed by atoms with Crippen molar-refractivity contribution in [1.82, 2.24) is 10.2 Å². The predicted molar refractivity (Wildman–Crippen MR) is 132 cm³/mol. The van der Waals surface area contributed by atoms with E-state index in [9.17, 15) is 19.1 Å². The second kappa shape index (κ2) is 10.8. The quantitative estimate of drug-likeness (QED) is 0.428. The minimum Gasteiger partial charge on any atom is -0.486 e. The molecule has 1 amide bonds. The highest BCUT2D eigenvalue weighted by Gasteiger charge is 2.31. The largest absolute Gasteiger partial charge is 0.486 e. The van der Waals surface area contributed by atoms with Crippen LogP contribution in [0.4, 0.5) is 10.1 Å². The van der Waals surface area contributed by atoms with Crippen molar-refractivity contribution in [2.45, 2.75) is 37.8 Å². The summed E-state index contributed by atoms with van der Waals surface area (Å²) in [6, 6.07) is 8.99. The van der Waals surface area contributed by atoms with E-state index in [0.29, 0.717) is 6.54 Å². The van der Waals surface area contributed by atoms with Gasteiger partial charge < -0.3 is 29.7 Å². The summed E-state index contributed by atoms with van der Waals surface area (Å²) < 4.78 is 25.4. The number of rotatable bonds is 8. The number of hydrogen-bond acceptors (Lipinski definition) is 7. The van der Waals surface area contributed by atoms with E-state index in [0.717, 1.165) is 51.1 Å². The topological polar surface area (TPSA) is 91.3 Å². The molecule has 0 aliphatic carbocycles. The summed E-state index contributed by atoms with van der Waals surface area (Å²) in [4.78, 5) is 30.2. The number of Topliss-reactive ketones (excluding diaryl/α,β-unsaturated/α-hetero) is 1. The van der Waals surface area contributed by atoms with Gasteiger partial charge in [0.25, 0.3) is 5.91 Å². The molecule has 8 nitrogen and oxygen atoms in total. The number of piperidine rings is 1. The van der Waals surface area contributed by atoms with Crippen LogP contribution in [0.25, 0.3) is 0 Å². The van der Waals surface area contributed by atoms with E-state index in [1.807, 2.05) is 12.1 Å². The lowest BCUT2D eigenvalue weighted by Crippen LogP contribution is -2.52. The first-order valence-corrected chi connectivity index (χ1v) is 12.7. The van der Waals surface area contributed by atoms with Crippen molar-refractivity contribution in [2.24, 2.45) is 0 Å². The van der Waals surface area contributed by atoms with Gasteiger partial charge in [-0.05, 0) is 80.7 Å². The Bertz CT molecular complexity index is 1100. The summed E-state index contributed by atoms with van der Waals surface area (Å²) in [5.41, 5.74) is 1.58. The molecule has 192 valence electrons. The van der Waals surface area contributed by atoms with Crippen LogP contribution >= 0.6 is 0 Å². The maximum absolute atomic E-state index is 14.6. The van der Waals surface area contributed by atoms with Crippen LogP contribution in [0.3, 0.4) is 0 Å². The summed E-state index contributed by atoms with van der Waals surface area (Å²) in [6.07, 6.45) is 3.32. The zero-order valence-electron chi connectivity index (χ0n) is 20.2. The Morgan fingerprint density at radius 2 is 1.69 bits per heavy atom. The van der Waals surface area contributed by atoms with Crippen molar-refractivity contribution in [2.75, 3.05) is 50.8 Å². The van der Waals surface area contributed by atoms with E-state index in [1.54, 1.807) is 12.1 Å². The molecule has 2 saturated heterocycles. The molecule has 2 unspecified atom stereocenters. The van der Waals surface area contributed by atoms with Gasteiger partial charge in [0.1, 0.15) is 19.3 Å². The Morgan fingerprint density at radius 3 is 2.39 bits per heavy atom. The number of likely N-dealkylation sites (tertiary alicyclic amines) is 1. The van der Waals surface area contributed by atoms with E-state index >= 15 is 0 Å². The zero-order valence-corrected chi connectivity index (χ0v) is 20.2. The molecule has 0 aromatic heterocycles. The Balaban J connectivity index is 1.30. The summed E-state index contributed by atoms with van der Waals surface area (Å²) in [7, 11) is 0. The number of carbonyl (C=O) groups excluding carboxylic acids is 2. The molecule has 0 bridgehead atoms. The van der Waals surface area contributed by atoms with Gasteiger partial charge in [-0.15, -0.1) is 0 Å². The molecule has 2 aromatic carbocycles. The predicted octanol–water partition coefficient (Wildman–Crippen LogP) is 2.69.